The van der Waals surface area contributed by atoms with Crippen LogP contribution in [0.4, 0.5) is 0 Å². The normalized spacial score (nSPS) is 48.3. The van der Waals surface area contributed by atoms with Crippen molar-refractivity contribution < 1.29 is 0 Å². The molecule has 1 heterocycles. The van der Waals surface area contributed by atoms with Crippen molar-refractivity contribution in [1.29, 1.82) is 0 Å². The molecule has 104 valence electrons. The standard InChI is InChI=1S/C14H28N4/c1-15-11-7-13-14(8-12(11)16-2)18-10-6-4-3-5-9(10)17-13/h9-18H,3-8H2,1-2H3. The summed E-state index contributed by atoms with van der Waals surface area (Å²) in [5.41, 5.74) is 0. The van der Waals surface area contributed by atoms with Crippen LogP contribution in [0.15, 0.2) is 0 Å². The molecule has 2 aliphatic carbocycles. The van der Waals surface area contributed by atoms with E-state index in [1.54, 1.807) is 0 Å². The molecule has 6 atom stereocenters. The molecule has 0 amide bonds. The van der Waals surface area contributed by atoms with Crippen LogP contribution < -0.4 is 21.3 Å². The number of nitrogens with one attached hydrogen (secondary N) is 4. The number of rotatable bonds is 2. The van der Waals surface area contributed by atoms with E-state index in [9.17, 15) is 0 Å². The van der Waals surface area contributed by atoms with Crippen LogP contribution in [0.2, 0.25) is 0 Å². The lowest BCUT2D eigenvalue weighted by Gasteiger charge is -2.51. The van der Waals surface area contributed by atoms with E-state index in [0.29, 0.717) is 24.2 Å². The number of fused-ring (bicyclic) bond motifs is 2. The molecule has 3 aliphatic rings. The third-order valence-corrected chi connectivity index (χ3v) is 5.35. The molecule has 4 heteroatoms. The second-order valence-corrected chi connectivity index (χ2v) is 6.31. The summed E-state index contributed by atoms with van der Waals surface area (Å²) in [6, 6.07) is 3.97. The van der Waals surface area contributed by atoms with Crippen molar-refractivity contribution in [1.82, 2.24) is 21.3 Å². The zero-order chi connectivity index (χ0) is 12.5. The fourth-order valence-electron chi connectivity index (χ4n) is 4.29. The minimum atomic E-state index is 0.602. The van der Waals surface area contributed by atoms with Gasteiger partial charge in [-0.05, 0) is 39.8 Å². The van der Waals surface area contributed by atoms with Gasteiger partial charge in [0, 0.05) is 36.3 Å². The van der Waals surface area contributed by atoms with Gasteiger partial charge in [0.05, 0.1) is 0 Å². The summed E-state index contributed by atoms with van der Waals surface area (Å²) in [7, 11) is 4.18. The molecule has 18 heavy (non-hydrogen) atoms. The van der Waals surface area contributed by atoms with Crippen molar-refractivity contribution in [2.75, 3.05) is 14.1 Å². The van der Waals surface area contributed by atoms with Crippen molar-refractivity contribution in [3.8, 4) is 0 Å². The SMILES string of the molecule is CNC1CC2NC3CCCCC3NC2CC1NC. The van der Waals surface area contributed by atoms with Gasteiger partial charge in [-0.15, -0.1) is 0 Å². The summed E-state index contributed by atoms with van der Waals surface area (Å²) in [6.45, 7) is 0. The molecule has 3 rings (SSSR count). The summed E-state index contributed by atoms with van der Waals surface area (Å²) in [5, 5.41) is 14.8. The van der Waals surface area contributed by atoms with Crippen molar-refractivity contribution in [2.24, 2.45) is 0 Å². The van der Waals surface area contributed by atoms with E-state index < -0.39 is 0 Å². The smallest absolute Gasteiger partial charge is 0.0240 e. The van der Waals surface area contributed by atoms with Gasteiger partial charge in [0.15, 0.2) is 0 Å². The highest BCUT2D eigenvalue weighted by Crippen LogP contribution is 2.29. The third-order valence-electron chi connectivity index (χ3n) is 5.35. The Bertz CT molecular complexity index is 243. The van der Waals surface area contributed by atoms with Gasteiger partial charge < -0.3 is 21.3 Å². The molecule has 6 unspecified atom stereocenters. The van der Waals surface area contributed by atoms with Gasteiger partial charge in [0.25, 0.3) is 0 Å². The van der Waals surface area contributed by atoms with E-state index >= 15 is 0 Å². The molecular formula is C14H28N4. The maximum atomic E-state index is 3.94. The van der Waals surface area contributed by atoms with E-state index in [4.69, 9.17) is 0 Å². The highest BCUT2D eigenvalue weighted by molar-refractivity contribution is 5.06. The second-order valence-electron chi connectivity index (χ2n) is 6.31. The van der Waals surface area contributed by atoms with E-state index in [1.165, 1.54) is 38.5 Å². The molecule has 3 fully saturated rings. The summed E-state index contributed by atoms with van der Waals surface area (Å²) >= 11 is 0. The second kappa shape index (κ2) is 5.45. The zero-order valence-electron chi connectivity index (χ0n) is 11.7. The maximum absolute atomic E-state index is 3.94. The third kappa shape index (κ3) is 2.31. The van der Waals surface area contributed by atoms with Gasteiger partial charge >= 0.3 is 0 Å². The Kier molecular flexibility index (Phi) is 3.89. The van der Waals surface area contributed by atoms with Crippen LogP contribution in [-0.2, 0) is 0 Å². The zero-order valence-corrected chi connectivity index (χ0v) is 11.7. The Labute approximate surface area is 111 Å². The molecule has 0 bridgehead atoms. The van der Waals surface area contributed by atoms with E-state index in [2.05, 4.69) is 35.4 Å². The van der Waals surface area contributed by atoms with E-state index in [-0.39, 0.29) is 0 Å². The Morgan fingerprint density at radius 1 is 0.722 bits per heavy atom. The molecule has 0 aromatic rings. The highest BCUT2D eigenvalue weighted by atomic mass is 15.2. The first-order valence-corrected chi connectivity index (χ1v) is 7.68. The quantitative estimate of drug-likeness (QED) is 0.567. The first-order valence-electron chi connectivity index (χ1n) is 7.68. The molecular weight excluding hydrogens is 224 g/mol. The Morgan fingerprint density at radius 3 is 1.56 bits per heavy atom. The van der Waals surface area contributed by atoms with Gasteiger partial charge in [-0.3, -0.25) is 0 Å². The fourth-order valence-corrected chi connectivity index (χ4v) is 4.29. The van der Waals surface area contributed by atoms with Crippen LogP contribution in [0.3, 0.4) is 0 Å². The lowest BCUT2D eigenvalue weighted by Crippen LogP contribution is -2.71. The number of hydrogen-bond donors (Lipinski definition) is 4. The Morgan fingerprint density at radius 2 is 1.17 bits per heavy atom. The van der Waals surface area contributed by atoms with Gasteiger partial charge in [-0.1, -0.05) is 12.8 Å². The van der Waals surface area contributed by atoms with Crippen LogP contribution in [0.25, 0.3) is 0 Å². The minimum absolute atomic E-state index is 0.602. The number of piperazine rings is 1. The van der Waals surface area contributed by atoms with Crippen molar-refractivity contribution >= 4 is 0 Å². The lowest BCUT2D eigenvalue weighted by molar-refractivity contribution is 0.111. The Balaban J connectivity index is 1.67. The molecule has 4 nitrogen and oxygen atoms in total. The lowest BCUT2D eigenvalue weighted by atomic mass is 9.77. The van der Waals surface area contributed by atoms with Crippen LogP contribution in [0, 0.1) is 0 Å². The van der Waals surface area contributed by atoms with Gasteiger partial charge in [0.2, 0.25) is 0 Å². The predicted molar refractivity (Wildman–Crippen MR) is 74.8 cm³/mol. The molecule has 0 radical (unpaired) electrons. The van der Waals surface area contributed by atoms with Crippen LogP contribution in [0.5, 0.6) is 0 Å². The summed E-state index contributed by atoms with van der Waals surface area (Å²) < 4.78 is 0. The maximum Gasteiger partial charge on any atom is 0.0240 e. The number of hydrogen-bond acceptors (Lipinski definition) is 4. The summed E-state index contributed by atoms with van der Waals surface area (Å²) in [6.07, 6.45) is 8.01. The van der Waals surface area contributed by atoms with Crippen LogP contribution in [-0.4, -0.2) is 50.3 Å². The van der Waals surface area contributed by atoms with Crippen molar-refractivity contribution in [3.05, 3.63) is 0 Å². The molecule has 0 spiro atoms. The Hall–Kier alpha value is -0.160. The molecule has 2 saturated carbocycles. The van der Waals surface area contributed by atoms with Crippen molar-refractivity contribution in [3.63, 3.8) is 0 Å². The predicted octanol–water partition coefficient (Wildman–Crippen LogP) is 0.197. The minimum Gasteiger partial charge on any atom is -0.315 e. The summed E-state index contributed by atoms with van der Waals surface area (Å²) in [4.78, 5) is 0. The molecule has 4 N–H and O–H groups in total. The fraction of sp³-hybridized carbons (Fsp3) is 1.00. The molecule has 0 aromatic heterocycles. The van der Waals surface area contributed by atoms with E-state index in [0.717, 1.165) is 12.1 Å². The van der Waals surface area contributed by atoms with E-state index in [1.807, 2.05) is 0 Å². The average molecular weight is 252 g/mol. The molecule has 1 saturated heterocycles. The topological polar surface area (TPSA) is 48.1 Å². The molecule has 0 aromatic carbocycles. The highest BCUT2D eigenvalue weighted by Gasteiger charge is 2.42. The largest absolute Gasteiger partial charge is 0.315 e. The van der Waals surface area contributed by atoms with Crippen LogP contribution in [0.1, 0.15) is 38.5 Å². The van der Waals surface area contributed by atoms with Crippen LogP contribution >= 0.6 is 0 Å². The average Bonchev–Trinajstić information content (AvgIpc) is 2.43. The van der Waals surface area contributed by atoms with Gasteiger partial charge in [-0.25, -0.2) is 0 Å². The van der Waals surface area contributed by atoms with Gasteiger partial charge in [-0.2, -0.15) is 0 Å². The monoisotopic (exact) mass is 252 g/mol. The van der Waals surface area contributed by atoms with Crippen molar-refractivity contribution in [2.45, 2.75) is 74.8 Å². The first-order chi connectivity index (χ1) is 8.81. The molecule has 1 aliphatic heterocycles. The first kappa shape index (κ1) is 12.9. The van der Waals surface area contributed by atoms with Gasteiger partial charge in [0.1, 0.15) is 0 Å². The number of likely N-dealkylation sites (N-methyl/N-ethyl adjacent to an activating group) is 2. The summed E-state index contributed by atoms with van der Waals surface area (Å²) in [5.74, 6) is 0.